The van der Waals surface area contributed by atoms with Crippen LogP contribution in [0, 0.1) is 0 Å². The van der Waals surface area contributed by atoms with E-state index in [-0.39, 0.29) is 0 Å². The van der Waals surface area contributed by atoms with Crippen LogP contribution >= 0.6 is 0 Å². The number of allylic oxidation sites excluding steroid dienone is 4. The maximum absolute atomic E-state index is 9.33. The summed E-state index contributed by atoms with van der Waals surface area (Å²) in [7, 11) is 0. The van der Waals surface area contributed by atoms with Crippen molar-refractivity contribution in [3.8, 4) is 0 Å². The molecule has 1 aliphatic carbocycles. The number of aliphatic hydroxyl groups excluding tert-OH is 1. The van der Waals surface area contributed by atoms with Crippen LogP contribution in [-0.2, 0) is 4.74 Å². The maximum atomic E-state index is 9.33. The smallest absolute Gasteiger partial charge is 0.214 e. The zero-order valence-corrected chi connectivity index (χ0v) is 8.86. The summed E-state index contributed by atoms with van der Waals surface area (Å²) in [6.07, 6.45) is 8.34. The standard InChI is InChI=1S/C12H15NO2/c1-2-3-6-15-12-7-9-4-5-10(14)8-11(9)13-12/h4,7-8,14H,2-3,5-6H2,1H3. The molecule has 0 unspecified atom stereocenters. The zero-order chi connectivity index (χ0) is 10.7. The third-order valence-electron chi connectivity index (χ3n) is 2.39. The minimum Gasteiger partial charge on any atom is -0.512 e. The predicted octanol–water partition coefficient (Wildman–Crippen LogP) is 2.87. The Morgan fingerprint density at radius 2 is 2.33 bits per heavy atom. The van der Waals surface area contributed by atoms with Crippen molar-refractivity contribution in [3.63, 3.8) is 0 Å². The normalized spacial score (nSPS) is 18.7. The Morgan fingerprint density at radius 3 is 3.13 bits per heavy atom. The highest BCUT2D eigenvalue weighted by molar-refractivity contribution is 6.13. The molecule has 2 aliphatic rings. The molecule has 0 amide bonds. The van der Waals surface area contributed by atoms with Crippen LogP contribution in [0.15, 0.2) is 40.4 Å². The van der Waals surface area contributed by atoms with Crippen LogP contribution in [0.25, 0.3) is 0 Å². The number of hydrogen-bond donors (Lipinski definition) is 1. The van der Waals surface area contributed by atoms with Crippen molar-refractivity contribution in [1.82, 2.24) is 0 Å². The molecule has 3 nitrogen and oxygen atoms in total. The Kier molecular flexibility index (Phi) is 2.90. The molecule has 0 radical (unpaired) electrons. The summed E-state index contributed by atoms with van der Waals surface area (Å²) in [6.45, 7) is 2.84. The largest absolute Gasteiger partial charge is 0.512 e. The number of hydrogen-bond acceptors (Lipinski definition) is 3. The van der Waals surface area contributed by atoms with Gasteiger partial charge in [0, 0.05) is 24.1 Å². The molecule has 1 heterocycles. The van der Waals surface area contributed by atoms with Crippen LogP contribution < -0.4 is 0 Å². The van der Waals surface area contributed by atoms with E-state index in [0.29, 0.717) is 24.7 Å². The highest BCUT2D eigenvalue weighted by Gasteiger charge is 2.17. The molecule has 0 aromatic rings. The average Bonchev–Trinajstić information content (AvgIpc) is 2.60. The van der Waals surface area contributed by atoms with Gasteiger partial charge in [0.2, 0.25) is 5.88 Å². The fraction of sp³-hybridized carbons (Fsp3) is 0.417. The van der Waals surface area contributed by atoms with E-state index in [2.05, 4.69) is 11.9 Å². The van der Waals surface area contributed by atoms with E-state index in [0.717, 1.165) is 24.1 Å². The van der Waals surface area contributed by atoms with Crippen molar-refractivity contribution < 1.29 is 9.84 Å². The lowest BCUT2D eigenvalue weighted by molar-refractivity contribution is 0.207. The second-order valence-corrected chi connectivity index (χ2v) is 3.68. The van der Waals surface area contributed by atoms with Gasteiger partial charge < -0.3 is 9.84 Å². The van der Waals surface area contributed by atoms with Gasteiger partial charge in [0.15, 0.2) is 0 Å². The van der Waals surface area contributed by atoms with Crippen LogP contribution in [-0.4, -0.2) is 17.4 Å². The summed E-state index contributed by atoms with van der Waals surface area (Å²) in [4.78, 5) is 4.28. The van der Waals surface area contributed by atoms with Gasteiger partial charge in [-0.25, -0.2) is 4.99 Å². The summed E-state index contributed by atoms with van der Waals surface area (Å²) in [5.41, 5.74) is 1.87. The van der Waals surface area contributed by atoms with Gasteiger partial charge >= 0.3 is 0 Å². The van der Waals surface area contributed by atoms with Crippen LogP contribution in [0.4, 0.5) is 0 Å². The molecule has 0 aromatic carbocycles. The Balaban J connectivity index is 2.00. The van der Waals surface area contributed by atoms with Crippen LogP contribution in [0.1, 0.15) is 26.2 Å². The van der Waals surface area contributed by atoms with Crippen molar-refractivity contribution in [1.29, 1.82) is 0 Å². The van der Waals surface area contributed by atoms with Crippen molar-refractivity contribution in [2.75, 3.05) is 6.61 Å². The molecule has 3 heteroatoms. The average molecular weight is 205 g/mol. The fourth-order valence-electron chi connectivity index (χ4n) is 1.53. The molecular weight excluding hydrogens is 190 g/mol. The summed E-state index contributed by atoms with van der Waals surface area (Å²) in [5.74, 6) is 1.02. The molecule has 0 aromatic heterocycles. The molecular formula is C12H15NO2. The van der Waals surface area contributed by atoms with E-state index >= 15 is 0 Å². The number of unbranched alkanes of at least 4 members (excludes halogenated alkanes) is 1. The first-order chi connectivity index (χ1) is 7.29. The minimum absolute atomic E-state index is 0.362. The summed E-state index contributed by atoms with van der Waals surface area (Å²) in [6, 6.07) is 0. The predicted molar refractivity (Wildman–Crippen MR) is 59.8 cm³/mol. The van der Waals surface area contributed by atoms with Crippen molar-refractivity contribution in [2.45, 2.75) is 26.2 Å². The van der Waals surface area contributed by atoms with Crippen molar-refractivity contribution in [2.24, 2.45) is 4.99 Å². The molecule has 0 bridgehead atoms. The summed E-state index contributed by atoms with van der Waals surface area (Å²) in [5, 5.41) is 9.33. The van der Waals surface area contributed by atoms with Gasteiger partial charge in [-0.15, -0.1) is 0 Å². The minimum atomic E-state index is 0.362. The molecule has 0 fully saturated rings. The van der Waals surface area contributed by atoms with E-state index in [1.165, 1.54) is 0 Å². The SMILES string of the molecule is CCCCOC1=CC2=CCC(O)=CC2=N1. The Morgan fingerprint density at radius 1 is 1.47 bits per heavy atom. The van der Waals surface area contributed by atoms with E-state index in [4.69, 9.17) is 4.74 Å². The topological polar surface area (TPSA) is 41.8 Å². The van der Waals surface area contributed by atoms with E-state index in [9.17, 15) is 5.11 Å². The first kappa shape index (κ1) is 10.0. The molecule has 1 N–H and O–H groups in total. The van der Waals surface area contributed by atoms with Gasteiger partial charge in [0.1, 0.15) is 0 Å². The third kappa shape index (κ3) is 2.29. The number of aliphatic imine (C=N–C) groups is 1. The van der Waals surface area contributed by atoms with Crippen LogP contribution in [0.5, 0.6) is 0 Å². The number of ether oxygens (including phenoxy) is 1. The third-order valence-corrected chi connectivity index (χ3v) is 2.39. The summed E-state index contributed by atoms with van der Waals surface area (Å²) < 4.78 is 5.49. The monoisotopic (exact) mass is 205 g/mol. The van der Waals surface area contributed by atoms with Crippen molar-refractivity contribution in [3.05, 3.63) is 35.4 Å². The summed E-state index contributed by atoms with van der Waals surface area (Å²) >= 11 is 0. The molecule has 2 rings (SSSR count). The Hall–Kier alpha value is -1.51. The number of fused-ring (bicyclic) bond motifs is 1. The van der Waals surface area contributed by atoms with Gasteiger partial charge in [-0.3, -0.25) is 0 Å². The highest BCUT2D eigenvalue weighted by Crippen LogP contribution is 2.23. The number of rotatable bonds is 4. The molecule has 15 heavy (non-hydrogen) atoms. The van der Waals surface area contributed by atoms with E-state index in [1.54, 1.807) is 6.08 Å². The maximum Gasteiger partial charge on any atom is 0.214 e. The van der Waals surface area contributed by atoms with Gasteiger partial charge in [-0.05, 0) is 6.42 Å². The molecule has 0 saturated heterocycles. The highest BCUT2D eigenvalue weighted by atomic mass is 16.5. The van der Waals surface area contributed by atoms with Crippen LogP contribution in [0.2, 0.25) is 0 Å². The number of aliphatic hydroxyl groups is 1. The molecule has 0 saturated carbocycles. The first-order valence-corrected chi connectivity index (χ1v) is 5.33. The first-order valence-electron chi connectivity index (χ1n) is 5.33. The van der Waals surface area contributed by atoms with Gasteiger partial charge in [-0.2, -0.15) is 0 Å². The van der Waals surface area contributed by atoms with Crippen LogP contribution in [0.3, 0.4) is 0 Å². The fourth-order valence-corrected chi connectivity index (χ4v) is 1.53. The molecule has 0 spiro atoms. The molecule has 0 atom stereocenters. The Labute approximate surface area is 89.5 Å². The lowest BCUT2D eigenvalue weighted by Gasteiger charge is -2.04. The van der Waals surface area contributed by atoms with Gasteiger partial charge in [-0.1, -0.05) is 19.4 Å². The second kappa shape index (κ2) is 4.34. The quantitative estimate of drug-likeness (QED) is 0.717. The number of nitrogens with zero attached hydrogens (tertiary/aromatic N) is 1. The Bertz CT molecular complexity index is 375. The molecule has 80 valence electrons. The van der Waals surface area contributed by atoms with Gasteiger partial charge in [0.05, 0.1) is 18.1 Å². The lowest BCUT2D eigenvalue weighted by Crippen LogP contribution is -2.00. The zero-order valence-electron chi connectivity index (χ0n) is 8.86. The molecule has 1 aliphatic heterocycles. The van der Waals surface area contributed by atoms with Crippen molar-refractivity contribution >= 4 is 5.71 Å². The van der Waals surface area contributed by atoms with E-state index in [1.807, 2.05) is 12.2 Å². The van der Waals surface area contributed by atoms with Gasteiger partial charge in [0.25, 0.3) is 0 Å². The van der Waals surface area contributed by atoms with E-state index < -0.39 is 0 Å². The lowest BCUT2D eigenvalue weighted by atomic mass is 10.0. The second-order valence-electron chi connectivity index (χ2n) is 3.68.